The van der Waals surface area contributed by atoms with Gasteiger partial charge >= 0.3 is 0 Å². The summed E-state index contributed by atoms with van der Waals surface area (Å²) in [5, 5.41) is 0.569. The average molecular weight is 436 g/mol. The Bertz CT molecular complexity index is 1030. The average Bonchev–Trinajstić information content (AvgIpc) is 2.71. The minimum Gasteiger partial charge on any atom is -0.379 e. The summed E-state index contributed by atoms with van der Waals surface area (Å²) in [6, 6.07) is 6.88. The van der Waals surface area contributed by atoms with E-state index in [9.17, 15) is 13.2 Å². The molecule has 2 aromatic rings. The lowest BCUT2D eigenvalue weighted by molar-refractivity contribution is 0.0730. The standard InChI is InChI=1S/C20H25N3O4S2/c1-13-14(2)18(19(21)24)20(22-15(13)3)28-12-16-5-4-6-17(11-16)29(25,26)23-7-9-27-10-8-23/h4-6,11H,7-10,12H2,1-3H3,(H2,21,24). The maximum atomic E-state index is 12.9. The van der Waals surface area contributed by atoms with Gasteiger partial charge in [0.25, 0.3) is 5.91 Å². The third kappa shape index (κ3) is 4.63. The highest BCUT2D eigenvalue weighted by molar-refractivity contribution is 7.98. The number of benzene rings is 1. The van der Waals surface area contributed by atoms with E-state index >= 15 is 0 Å². The SMILES string of the molecule is Cc1nc(SCc2cccc(S(=O)(=O)N3CCOCC3)c2)c(C(N)=O)c(C)c1C. The molecule has 0 radical (unpaired) electrons. The van der Waals surface area contributed by atoms with Gasteiger partial charge in [-0.25, -0.2) is 13.4 Å². The summed E-state index contributed by atoms with van der Waals surface area (Å²) in [6.45, 7) is 7.20. The quantitative estimate of drug-likeness (QED) is 0.699. The van der Waals surface area contributed by atoms with Gasteiger partial charge in [0, 0.05) is 24.5 Å². The number of hydrogen-bond donors (Lipinski definition) is 1. The molecule has 156 valence electrons. The molecule has 0 saturated carbocycles. The highest BCUT2D eigenvalue weighted by Gasteiger charge is 2.26. The number of aryl methyl sites for hydroxylation is 1. The molecule has 3 rings (SSSR count). The van der Waals surface area contributed by atoms with Crippen LogP contribution in [0.25, 0.3) is 0 Å². The van der Waals surface area contributed by atoms with E-state index in [0.29, 0.717) is 42.6 Å². The lowest BCUT2D eigenvalue weighted by Gasteiger charge is -2.26. The van der Waals surface area contributed by atoms with Gasteiger partial charge in [-0.05, 0) is 49.6 Å². The van der Waals surface area contributed by atoms with E-state index < -0.39 is 15.9 Å². The van der Waals surface area contributed by atoms with Crippen molar-refractivity contribution in [1.82, 2.24) is 9.29 Å². The number of carbonyl (C=O) groups is 1. The fourth-order valence-electron chi connectivity index (χ4n) is 3.19. The Hall–Kier alpha value is -1.94. The minimum atomic E-state index is -3.55. The van der Waals surface area contributed by atoms with Crippen molar-refractivity contribution in [2.24, 2.45) is 5.73 Å². The van der Waals surface area contributed by atoms with Crippen molar-refractivity contribution in [1.29, 1.82) is 0 Å². The summed E-state index contributed by atoms with van der Waals surface area (Å²) in [6.07, 6.45) is 0. The number of pyridine rings is 1. The van der Waals surface area contributed by atoms with Gasteiger partial charge in [0.2, 0.25) is 10.0 Å². The van der Waals surface area contributed by atoms with Crippen LogP contribution in [0.5, 0.6) is 0 Å². The molecule has 0 aliphatic carbocycles. The molecule has 0 unspecified atom stereocenters. The molecule has 9 heteroatoms. The Morgan fingerprint density at radius 2 is 1.90 bits per heavy atom. The first-order chi connectivity index (χ1) is 13.7. The zero-order valence-electron chi connectivity index (χ0n) is 16.8. The number of aromatic nitrogens is 1. The number of morpholine rings is 1. The molecule has 0 bridgehead atoms. The van der Waals surface area contributed by atoms with E-state index in [0.717, 1.165) is 22.4 Å². The van der Waals surface area contributed by atoms with Crippen molar-refractivity contribution in [3.05, 3.63) is 52.2 Å². The molecule has 1 aliphatic heterocycles. The first kappa shape index (κ1) is 21.8. The van der Waals surface area contributed by atoms with Crippen molar-refractivity contribution >= 4 is 27.7 Å². The maximum absolute atomic E-state index is 12.9. The monoisotopic (exact) mass is 435 g/mol. The smallest absolute Gasteiger partial charge is 0.251 e. The molecule has 7 nitrogen and oxygen atoms in total. The predicted molar refractivity (Wildman–Crippen MR) is 113 cm³/mol. The van der Waals surface area contributed by atoms with Crippen LogP contribution < -0.4 is 5.73 Å². The lowest BCUT2D eigenvalue weighted by Crippen LogP contribution is -2.40. The summed E-state index contributed by atoms with van der Waals surface area (Å²) < 4.78 is 32.4. The van der Waals surface area contributed by atoms with Crippen molar-refractivity contribution in [2.75, 3.05) is 26.3 Å². The summed E-state index contributed by atoms with van der Waals surface area (Å²) in [7, 11) is -3.55. The number of sulfonamides is 1. The van der Waals surface area contributed by atoms with E-state index in [-0.39, 0.29) is 4.90 Å². The van der Waals surface area contributed by atoms with E-state index in [1.165, 1.54) is 16.1 Å². The minimum absolute atomic E-state index is 0.261. The summed E-state index contributed by atoms with van der Waals surface area (Å²) in [5.74, 6) is -0.0361. The second-order valence-corrected chi connectivity index (χ2v) is 9.85. The molecular formula is C20H25N3O4S2. The molecular weight excluding hydrogens is 410 g/mol. The number of nitrogens with zero attached hydrogens (tertiary/aromatic N) is 2. The molecule has 1 aliphatic rings. The third-order valence-electron chi connectivity index (χ3n) is 5.09. The normalized spacial score (nSPS) is 15.4. The Kier molecular flexibility index (Phi) is 6.62. The molecule has 1 amide bonds. The lowest BCUT2D eigenvalue weighted by atomic mass is 10.0. The zero-order chi connectivity index (χ0) is 21.2. The first-order valence-corrected chi connectivity index (χ1v) is 11.7. The van der Waals surface area contributed by atoms with Gasteiger partial charge in [0.1, 0.15) is 5.03 Å². The molecule has 1 aromatic carbocycles. The van der Waals surface area contributed by atoms with Crippen LogP contribution in [0.1, 0.15) is 32.7 Å². The predicted octanol–water partition coefficient (Wildman–Crippen LogP) is 2.42. The molecule has 2 heterocycles. The van der Waals surface area contributed by atoms with Gasteiger partial charge in [-0.15, -0.1) is 11.8 Å². The fraction of sp³-hybridized carbons (Fsp3) is 0.400. The number of amides is 1. The first-order valence-electron chi connectivity index (χ1n) is 9.29. The largest absolute Gasteiger partial charge is 0.379 e. The Morgan fingerprint density at radius 3 is 2.55 bits per heavy atom. The van der Waals surface area contributed by atoms with Gasteiger partial charge in [-0.3, -0.25) is 4.79 Å². The highest BCUT2D eigenvalue weighted by atomic mass is 32.2. The second-order valence-electron chi connectivity index (χ2n) is 6.94. The molecule has 1 aromatic heterocycles. The van der Waals surface area contributed by atoms with Crippen molar-refractivity contribution < 1.29 is 17.9 Å². The van der Waals surface area contributed by atoms with Crippen LogP contribution in [-0.4, -0.2) is 49.9 Å². The number of ether oxygens (including phenoxy) is 1. The van der Waals surface area contributed by atoms with Crippen molar-refractivity contribution in [3.8, 4) is 0 Å². The highest BCUT2D eigenvalue weighted by Crippen LogP contribution is 2.30. The van der Waals surface area contributed by atoms with Crippen LogP contribution in [0.15, 0.2) is 34.2 Å². The number of hydrogen-bond acceptors (Lipinski definition) is 6. The van der Waals surface area contributed by atoms with Gasteiger partial charge in [0.05, 0.1) is 23.7 Å². The Morgan fingerprint density at radius 1 is 1.21 bits per heavy atom. The molecule has 29 heavy (non-hydrogen) atoms. The Balaban J connectivity index is 1.84. The van der Waals surface area contributed by atoms with Gasteiger partial charge < -0.3 is 10.5 Å². The van der Waals surface area contributed by atoms with E-state index in [4.69, 9.17) is 10.5 Å². The fourth-order valence-corrected chi connectivity index (χ4v) is 5.75. The molecule has 2 N–H and O–H groups in total. The summed E-state index contributed by atoms with van der Waals surface area (Å²) >= 11 is 1.38. The molecule has 1 fully saturated rings. The second kappa shape index (κ2) is 8.83. The number of thioether (sulfide) groups is 1. The number of carbonyl (C=O) groups excluding carboxylic acids is 1. The summed E-state index contributed by atoms with van der Waals surface area (Å²) in [4.78, 5) is 16.7. The Labute approximate surface area is 175 Å². The molecule has 1 saturated heterocycles. The van der Waals surface area contributed by atoms with Gasteiger partial charge in [-0.2, -0.15) is 4.31 Å². The van der Waals surface area contributed by atoms with Crippen LogP contribution in [0.4, 0.5) is 0 Å². The van der Waals surface area contributed by atoms with Crippen LogP contribution in [0.2, 0.25) is 0 Å². The van der Waals surface area contributed by atoms with Crippen molar-refractivity contribution in [2.45, 2.75) is 36.4 Å². The maximum Gasteiger partial charge on any atom is 0.251 e. The van der Waals surface area contributed by atoms with E-state index in [1.54, 1.807) is 18.2 Å². The summed E-state index contributed by atoms with van der Waals surface area (Å²) in [5.41, 5.74) is 9.46. The number of nitrogens with two attached hydrogens (primary N) is 1. The van der Waals surface area contributed by atoms with Crippen LogP contribution in [0.3, 0.4) is 0 Å². The number of primary amides is 1. The molecule has 0 spiro atoms. The van der Waals surface area contributed by atoms with Gasteiger partial charge in [-0.1, -0.05) is 12.1 Å². The van der Waals surface area contributed by atoms with E-state index in [2.05, 4.69) is 4.98 Å². The van der Waals surface area contributed by atoms with Crippen LogP contribution in [-0.2, 0) is 20.5 Å². The molecule has 0 atom stereocenters. The van der Waals surface area contributed by atoms with Crippen LogP contribution >= 0.6 is 11.8 Å². The van der Waals surface area contributed by atoms with E-state index in [1.807, 2.05) is 26.8 Å². The van der Waals surface area contributed by atoms with Crippen LogP contribution in [0, 0.1) is 20.8 Å². The third-order valence-corrected chi connectivity index (χ3v) is 8.03. The van der Waals surface area contributed by atoms with Crippen molar-refractivity contribution in [3.63, 3.8) is 0 Å². The van der Waals surface area contributed by atoms with Gasteiger partial charge in [0.15, 0.2) is 0 Å². The number of rotatable bonds is 6. The zero-order valence-corrected chi connectivity index (χ0v) is 18.4. The topological polar surface area (TPSA) is 103 Å².